The van der Waals surface area contributed by atoms with E-state index in [1.165, 1.54) is 0 Å². The number of carboxylic acids is 1. The molecule has 3 aromatic rings. The molecular weight excluding hydrogens is 526 g/mol. The molecule has 196 valence electrons. The van der Waals surface area contributed by atoms with Crippen LogP contribution in [0.4, 0.5) is 0 Å². The minimum Gasteiger partial charge on any atom is -0.497 e. The fraction of sp³-hybridized carbons (Fsp3) is 0.179. The third kappa shape index (κ3) is 6.84. The van der Waals surface area contributed by atoms with Gasteiger partial charge in [-0.1, -0.05) is 54.3 Å². The largest absolute Gasteiger partial charge is 0.497 e. The number of hydrogen-bond acceptors (Lipinski definition) is 8. The molecule has 0 saturated carbocycles. The predicted molar refractivity (Wildman–Crippen MR) is 149 cm³/mol. The maximum Gasteiger partial charge on any atom is 0.323 e. The summed E-state index contributed by atoms with van der Waals surface area (Å²) in [5.41, 5.74) is 2.51. The Morgan fingerprint density at radius 3 is 2.11 bits per heavy atom. The summed E-state index contributed by atoms with van der Waals surface area (Å²) in [5, 5.41) is 9.07. The molecule has 3 aromatic carbocycles. The number of aliphatic carboxylic acids is 1. The lowest BCUT2D eigenvalue weighted by Gasteiger charge is -2.15. The highest BCUT2D eigenvalue weighted by Gasteiger charge is 2.33. The maximum absolute atomic E-state index is 12.7. The van der Waals surface area contributed by atoms with E-state index in [9.17, 15) is 9.59 Å². The lowest BCUT2D eigenvalue weighted by Crippen LogP contribution is -2.33. The van der Waals surface area contributed by atoms with Crippen molar-refractivity contribution >= 4 is 46.3 Å². The van der Waals surface area contributed by atoms with Crippen LogP contribution in [0.2, 0.25) is 0 Å². The second-order valence-electron chi connectivity index (χ2n) is 8.15. The molecule has 1 aliphatic rings. The molecule has 4 rings (SSSR count). The molecule has 10 heteroatoms. The average molecular weight is 552 g/mol. The highest BCUT2D eigenvalue weighted by atomic mass is 32.2. The first kappa shape index (κ1) is 27.0. The fourth-order valence-corrected chi connectivity index (χ4v) is 4.87. The maximum atomic E-state index is 12.7. The number of benzene rings is 3. The third-order valence-corrected chi connectivity index (χ3v) is 6.87. The molecule has 0 aliphatic carbocycles. The Kier molecular flexibility index (Phi) is 8.88. The summed E-state index contributed by atoms with van der Waals surface area (Å²) >= 11 is 6.25. The van der Waals surface area contributed by atoms with Gasteiger partial charge in [0.2, 0.25) is 0 Å². The first-order valence-electron chi connectivity index (χ1n) is 11.5. The zero-order valence-corrected chi connectivity index (χ0v) is 22.3. The highest BCUT2D eigenvalue weighted by Crippen LogP contribution is 2.35. The molecule has 8 nitrogen and oxygen atoms in total. The van der Waals surface area contributed by atoms with Gasteiger partial charge >= 0.3 is 5.97 Å². The van der Waals surface area contributed by atoms with E-state index in [0.29, 0.717) is 28.6 Å². The standard InChI is InChI=1S/C28H25NO7S2/c1-33-21-7-3-5-19(11-21)16-35-23-10-9-18(14-25-27(32)29(15-26(30)31)28(37)38-25)13-24(23)36-17-20-6-4-8-22(12-20)34-2/h3-14H,15-17H2,1-2H3,(H,30,31)/b25-14-. The van der Waals surface area contributed by atoms with Crippen LogP contribution in [0.3, 0.4) is 0 Å². The Labute approximate surface area is 229 Å². The summed E-state index contributed by atoms with van der Waals surface area (Å²) in [6, 6.07) is 20.5. The Morgan fingerprint density at radius 2 is 1.53 bits per heavy atom. The van der Waals surface area contributed by atoms with Gasteiger partial charge in [0, 0.05) is 0 Å². The summed E-state index contributed by atoms with van der Waals surface area (Å²) in [6.45, 7) is 0.0742. The fourth-order valence-electron chi connectivity index (χ4n) is 3.62. The SMILES string of the molecule is COc1cccc(COc2ccc(/C=C3\SC(=S)N(CC(=O)O)C3=O)cc2OCc2cccc(OC)c2)c1. The Morgan fingerprint density at radius 1 is 0.921 bits per heavy atom. The van der Waals surface area contributed by atoms with Crippen LogP contribution in [0.1, 0.15) is 16.7 Å². The molecule has 1 saturated heterocycles. The number of thioether (sulfide) groups is 1. The van der Waals surface area contributed by atoms with Gasteiger partial charge in [-0.25, -0.2) is 0 Å². The van der Waals surface area contributed by atoms with Gasteiger partial charge in [0.15, 0.2) is 11.5 Å². The number of carbonyl (C=O) groups is 2. The van der Waals surface area contributed by atoms with E-state index < -0.39 is 18.4 Å². The minimum atomic E-state index is -1.13. The first-order valence-corrected chi connectivity index (χ1v) is 12.7. The molecule has 0 aromatic heterocycles. The Bertz CT molecular complexity index is 1390. The zero-order chi connectivity index (χ0) is 27.1. The Hall–Kier alpha value is -4.02. The molecule has 1 aliphatic heterocycles. The zero-order valence-electron chi connectivity index (χ0n) is 20.7. The van der Waals surface area contributed by atoms with Crippen LogP contribution in [-0.4, -0.2) is 47.0 Å². The van der Waals surface area contributed by atoms with Gasteiger partial charge in [-0.2, -0.15) is 0 Å². The molecule has 1 amide bonds. The van der Waals surface area contributed by atoms with Crippen LogP contribution < -0.4 is 18.9 Å². The van der Waals surface area contributed by atoms with Crippen LogP contribution >= 0.6 is 24.0 Å². The van der Waals surface area contributed by atoms with E-state index in [2.05, 4.69) is 0 Å². The van der Waals surface area contributed by atoms with Crippen molar-refractivity contribution < 1.29 is 33.6 Å². The topological polar surface area (TPSA) is 94.5 Å². The number of hydrogen-bond donors (Lipinski definition) is 1. The molecular formula is C28H25NO7S2. The molecule has 1 fully saturated rings. The molecule has 1 N–H and O–H groups in total. The van der Waals surface area contributed by atoms with E-state index in [1.54, 1.807) is 38.5 Å². The predicted octanol–water partition coefficient (Wildman–Crippen LogP) is 5.15. The van der Waals surface area contributed by atoms with Gasteiger partial charge < -0.3 is 24.1 Å². The van der Waals surface area contributed by atoms with Crippen molar-refractivity contribution in [1.82, 2.24) is 4.90 Å². The summed E-state index contributed by atoms with van der Waals surface area (Å²) in [4.78, 5) is 25.2. The summed E-state index contributed by atoms with van der Waals surface area (Å²) in [5.74, 6) is 0.874. The lowest BCUT2D eigenvalue weighted by atomic mass is 10.1. The summed E-state index contributed by atoms with van der Waals surface area (Å²) in [6.07, 6.45) is 1.66. The van der Waals surface area contributed by atoms with Gasteiger partial charge in [-0.15, -0.1) is 0 Å². The van der Waals surface area contributed by atoms with Crippen molar-refractivity contribution in [2.75, 3.05) is 20.8 Å². The molecule has 1 heterocycles. The van der Waals surface area contributed by atoms with Crippen molar-refractivity contribution in [3.8, 4) is 23.0 Å². The second kappa shape index (κ2) is 12.5. The van der Waals surface area contributed by atoms with Gasteiger partial charge in [0.1, 0.15) is 35.6 Å². The van der Waals surface area contributed by atoms with Crippen LogP contribution in [0, 0.1) is 0 Å². The smallest absolute Gasteiger partial charge is 0.323 e. The molecule has 0 atom stereocenters. The normalized spacial score (nSPS) is 14.1. The van der Waals surface area contributed by atoms with Crippen LogP contribution in [-0.2, 0) is 22.8 Å². The number of nitrogens with zero attached hydrogens (tertiary/aromatic N) is 1. The van der Waals surface area contributed by atoms with Gasteiger partial charge in [-0.3, -0.25) is 14.5 Å². The molecule has 0 unspecified atom stereocenters. The van der Waals surface area contributed by atoms with Crippen molar-refractivity contribution in [2.24, 2.45) is 0 Å². The van der Waals surface area contributed by atoms with E-state index in [0.717, 1.165) is 39.3 Å². The van der Waals surface area contributed by atoms with E-state index in [-0.39, 0.29) is 10.9 Å². The van der Waals surface area contributed by atoms with E-state index in [1.807, 2.05) is 48.5 Å². The average Bonchev–Trinajstić information content (AvgIpc) is 3.18. The number of carboxylic acid groups (broad SMARTS) is 1. The van der Waals surface area contributed by atoms with E-state index >= 15 is 0 Å². The third-order valence-electron chi connectivity index (χ3n) is 5.49. The van der Waals surface area contributed by atoms with Crippen LogP contribution in [0.5, 0.6) is 23.0 Å². The lowest BCUT2D eigenvalue weighted by molar-refractivity contribution is -0.140. The van der Waals surface area contributed by atoms with Crippen molar-refractivity contribution in [1.29, 1.82) is 0 Å². The number of amides is 1. The van der Waals surface area contributed by atoms with Gasteiger partial charge in [-0.05, 0) is 59.2 Å². The molecule has 0 bridgehead atoms. The van der Waals surface area contributed by atoms with Crippen molar-refractivity contribution in [2.45, 2.75) is 13.2 Å². The molecule has 38 heavy (non-hydrogen) atoms. The molecule has 0 radical (unpaired) electrons. The number of methoxy groups -OCH3 is 2. The van der Waals surface area contributed by atoms with Crippen LogP contribution in [0.25, 0.3) is 6.08 Å². The summed E-state index contributed by atoms with van der Waals surface area (Å²) < 4.78 is 23.0. The summed E-state index contributed by atoms with van der Waals surface area (Å²) in [7, 11) is 3.21. The second-order valence-corrected chi connectivity index (χ2v) is 9.82. The molecule has 0 spiro atoms. The van der Waals surface area contributed by atoms with Crippen molar-refractivity contribution in [3.63, 3.8) is 0 Å². The number of rotatable bonds is 11. The van der Waals surface area contributed by atoms with Crippen LogP contribution in [0.15, 0.2) is 71.6 Å². The quantitative estimate of drug-likeness (QED) is 0.257. The highest BCUT2D eigenvalue weighted by molar-refractivity contribution is 8.26. The Balaban J connectivity index is 1.58. The van der Waals surface area contributed by atoms with Gasteiger partial charge in [0.25, 0.3) is 5.91 Å². The van der Waals surface area contributed by atoms with Crippen molar-refractivity contribution in [3.05, 3.63) is 88.3 Å². The van der Waals surface area contributed by atoms with E-state index in [4.69, 9.17) is 36.3 Å². The number of ether oxygens (including phenoxy) is 4. The van der Waals surface area contributed by atoms with Gasteiger partial charge in [0.05, 0.1) is 19.1 Å². The monoisotopic (exact) mass is 551 g/mol. The number of thiocarbonyl (C=S) groups is 1. The first-order chi connectivity index (χ1) is 18.4. The minimum absolute atomic E-state index is 0.205. The number of carbonyl (C=O) groups excluding carboxylic acids is 1.